The largest absolute Gasteiger partial charge is 0.367 e. The predicted molar refractivity (Wildman–Crippen MR) is 130 cm³/mol. The number of rotatable bonds is 4. The Morgan fingerprint density at radius 3 is 2.47 bits per heavy atom. The van der Waals surface area contributed by atoms with Gasteiger partial charge in [-0.25, -0.2) is 8.42 Å². The first-order chi connectivity index (χ1) is 16.3. The Kier molecular flexibility index (Phi) is 5.81. The van der Waals surface area contributed by atoms with Gasteiger partial charge < -0.3 is 9.80 Å². The van der Waals surface area contributed by atoms with Crippen molar-refractivity contribution in [3.63, 3.8) is 0 Å². The fourth-order valence-corrected chi connectivity index (χ4v) is 7.09. The van der Waals surface area contributed by atoms with Crippen LogP contribution >= 0.6 is 0 Å². The Morgan fingerprint density at radius 2 is 1.76 bits per heavy atom. The number of carbonyl (C=O) groups excluding carboxylic acids is 1. The number of pyridine rings is 1. The lowest BCUT2D eigenvalue weighted by Crippen LogP contribution is -2.50. The molecule has 34 heavy (non-hydrogen) atoms. The summed E-state index contributed by atoms with van der Waals surface area (Å²) in [4.78, 5) is 22.2. The molecule has 0 bridgehead atoms. The van der Waals surface area contributed by atoms with E-state index in [1.54, 1.807) is 25.6 Å². The number of aromatic nitrogens is 3. The van der Waals surface area contributed by atoms with Crippen LogP contribution in [-0.4, -0.2) is 77.6 Å². The zero-order valence-corrected chi connectivity index (χ0v) is 20.6. The molecule has 10 heteroatoms. The summed E-state index contributed by atoms with van der Waals surface area (Å²) in [5.74, 6) is -0.253. The Balaban J connectivity index is 1.24. The zero-order chi connectivity index (χ0) is 24.0. The molecule has 180 valence electrons. The molecule has 9 nitrogen and oxygen atoms in total. The van der Waals surface area contributed by atoms with Gasteiger partial charge in [-0.1, -0.05) is 18.2 Å². The van der Waals surface area contributed by atoms with Gasteiger partial charge in [0, 0.05) is 63.6 Å². The molecule has 0 saturated carbocycles. The van der Waals surface area contributed by atoms with Crippen molar-refractivity contribution in [1.82, 2.24) is 24.0 Å². The number of para-hydroxylation sites is 1. The molecule has 1 amide bonds. The highest BCUT2D eigenvalue weighted by atomic mass is 32.2. The van der Waals surface area contributed by atoms with Crippen LogP contribution in [-0.2, 0) is 21.9 Å². The average Bonchev–Trinajstić information content (AvgIpc) is 3.44. The van der Waals surface area contributed by atoms with E-state index in [1.165, 1.54) is 4.31 Å². The van der Waals surface area contributed by atoms with Gasteiger partial charge in [-0.3, -0.25) is 14.5 Å². The maximum absolute atomic E-state index is 13.3. The molecular formula is C24H30N6O3S. The minimum Gasteiger partial charge on any atom is -0.367 e. The van der Waals surface area contributed by atoms with Crippen LogP contribution in [0.25, 0.3) is 10.9 Å². The number of fused-ring (bicyclic) bond motifs is 1. The standard InChI is InChI=1S/C24H30N6O3S/c1-17-23(18(2)27(3)26-17)34(32,33)30-11-9-19(16-30)24(31)29-14-12-28(13-15-29)22-8-10-25-21-7-5-4-6-20(21)22/h4-8,10,19H,9,11-16H2,1-3H3. The van der Waals surface area contributed by atoms with Crippen molar-refractivity contribution < 1.29 is 13.2 Å². The summed E-state index contributed by atoms with van der Waals surface area (Å²) >= 11 is 0. The van der Waals surface area contributed by atoms with Gasteiger partial charge in [0.25, 0.3) is 0 Å². The molecule has 1 unspecified atom stereocenters. The first kappa shape index (κ1) is 22.8. The Bertz CT molecular complexity index is 1340. The van der Waals surface area contributed by atoms with Crippen LogP contribution in [0.1, 0.15) is 17.8 Å². The molecule has 2 fully saturated rings. The molecule has 5 rings (SSSR count). The first-order valence-electron chi connectivity index (χ1n) is 11.6. The number of amides is 1. The maximum Gasteiger partial charge on any atom is 0.246 e. The smallest absolute Gasteiger partial charge is 0.246 e. The van der Waals surface area contributed by atoms with Crippen molar-refractivity contribution in [2.45, 2.75) is 25.2 Å². The molecule has 0 spiro atoms. The highest BCUT2D eigenvalue weighted by molar-refractivity contribution is 7.89. The van der Waals surface area contributed by atoms with Crippen molar-refractivity contribution in [3.05, 3.63) is 47.9 Å². The molecule has 1 aromatic carbocycles. The maximum atomic E-state index is 13.3. The molecular weight excluding hydrogens is 452 g/mol. The molecule has 2 aromatic heterocycles. The second-order valence-corrected chi connectivity index (χ2v) is 11.0. The summed E-state index contributed by atoms with van der Waals surface area (Å²) in [5, 5.41) is 5.37. The molecule has 2 aliphatic heterocycles. The van der Waals surface area contributed by atoms with Crippen LogP contribution in [0.3, 0.4) is 0 Å². The molecule has 2 aliphatic rings. The van der Waals surface area contributed by atoms with Gasteiger partial charge in [-0.05, 0) is 32.4 Å². The summed E-state index contributed by atoms with van der Waals surface area (Å²) in [6, 6.07) is 10.1. The van der Waals surface area contributed by atoms with Crippen molar-refractivity contribution >= 4 is 32.5 Å². The molecule has 0 N–H and O–H groups in total. The van der Waals surface area contributed by atoms with Crippen LogP contribution in [0.4, 0.5) is 5.69 Å². The molecule has 2 saturated heterocycles. The van der Waals surface area contributed by atoms with E-state index < -0.39 is 10.0 Å². The van der Waals surface area contributed by atoms with E-state index in [-0.39, 0.29) is 23.3 Å². The van der Waals surface area contributed by atoms with E-state index in [9.17, 15) is 13.2 Å². The average molecular weight is 483 g/mol. The van der Waals surface area contributed by atoms with Gasteiger partial charge in [-0.15, -0.1) is 0 Å². The third-order valence-electron chi connectivity index (χ3n) is 7.10. The highest BCUT2D eigenvalue weighted by Gasteiger charge is 2.40. The van der Waals surface area contributed by atoms with Crippen LogP contribution < -0.4 is 4.90 Å². The number of hydrogen-bond acceptors (Lipinski definition) is 6. The minimum absolute atomic E-state index is 0.0524. The van der Waals surface area contributed by atoms with E-state index in [1.807, 2.05) is 35.4 Å². The lowest BCUT2D eigenvalue weighted by atomic mass is 10.1. The minimum atomic E-state index is -3.68. The number of sulfonamides is 1. The van der Waals surface area contributed by atoms with Crippen LogP contribution in [0.2, 0.25) is 0 Å². The van der Waals surface area contributed by atoms with Gasteiger partial charge in [0.05, 0.1) is 22.8 Å². The second kappa shape index (κ2) is 8.66. The summed E-state index contributed by atoms with van der Waals surface area (Å²) < 4.78 is 29.6. The summed E-state index contributed by atoms with van der Waals surface area (Å²) in [6.45, 7) is 6.78. The molecule has 0 aliphatic carbocycles. The van der Waals surface area contributed by atoms with E-state index in [0.29, 0.717) is 37.4 Å². The van der Waals surface area contributed by atoms with E-state index >= 15 is 0 Å². The predicted octanol–water partition coefficient (Wildman–Crippen LogP) is 1.94. The van der Waals surface area contributed by atoms with E-state index in [0.717, 1.165) is 29.7 Å². The van der Waals surface area contributed by atoms with Crippen molar-refractivity contribution in [3.8, 4) is 0 Å². The van der Waals surface area contributed by atoms with E-state index in [4.69, 9.17) is 0 Å². The summed E-state index contributed by atoms with van der Waals surface area (Å²) in [7, 11) is -1.93. The first-order valence-corrected chi connectivity index (χ1v) is 13.1. The molecule has 0 radical (unpaired) electrons. The van der Waals surface area contributed by atoms with E-state index in [2.05, 4.69) is 21.0 Å². The van der Waals surface area contributed by atoms with Crippen molar-refractivity contribution in [2.75, 3.05) is 44.2 Å². The number of piperazine rings is 1. The van der Waals surface area contributed by atoms with Gasteiger partial charge in [0.2, 0.25) is 15.9 Å². The molecule has 4 heterocycles. The topological polar surface area (TPSA) is 91.6 Å². The Labute approximate surface area is 200 Å². The van der Waals surface area contributed by atoms with Crippen LogP contribution in [0.15, 0.2) is 41.4 Å². The van der Waals surface area contributed by atoms with Crippen LogP contribution in [0, 0.1) is 19.8 Å². The van der Waals surface area contributed by atoms with Crippen molar-refractivity contribution in [1.29, 1.82) is 0 Å². The van der Waals surface area contributed by atoms with Gasteiger partial charge >= 0.3 is 0 Å². The summed E-state index contributed by atoms with van der Waals surface area (Å²) in [5.41, 5.74) is 3.21. The number of aryl methyl sites for hydroxylation is 2. The number of anilines is 1. The number of benzene rings is 1. The Morgan fingerprint density at radius 1 is 1.03 bits per heavy atom. The monoisotopic (exact) mass is 482 g/mol. The molecule has 1 atom stereocenters. The Hall–Kier alpha value is -2.98. The van der Waals surface area contributed by atoms with Gasteiger partial charge in [-0.2, -0.15) is 9.40 Å². The quantitative estimate of drug-likeness (QED) is 0.565. The number of hydrogen-bond donors (Lipinski definition) is 0. The zero-order valence-electron chi connectivity index (χ0n) is 19.8. The SMILES string of the molecule is Cc1nn(C)c(C)c1S(=O)(=O)N1CCC(C(=O)N2CCN(c3ccnc4ccccc34)CC2)C1. The number of carbonyl (C=O) groups is 1. The molecule has 3 aromatic rings. The normalized spacial score (nSPS) is 19.8. The fraction of sp³-hybridized carbons (Fsp3) is 0.458. The second-order valence-electron chi connectivity index (χ2n) is 9.13. The third kappa shape index (κ3) is 3.84. The van der Waals surface area contributed by atoms with Gasteiger partial charge in [0.15, 0.2) is 0 Å². The fourth-order valence-electron chi connectivity index (χ4n) is 5.19. The third-order valence-corrected chi connectivity index (χ3v) is 9.22. The van der Waals surface area contributed by atoms with Crippen molar-refractivity contribution in [2.24, 2.45) is 13.0 Å². The number of nitrogens with zero attached hydrogens (tertiary/aromatic N) is 6. The highest BCUT2D eigenvalue weighted by Crippen LogP contribution is 2.30. The van der Waals surface area contributed by atoms with Gasteiger partial charge in [0.1, 0.15) is 4.90 Å². The lowest BCUT2D eigenvalue weighted by Gasteiger charge is -2.37. The lowest BCUT2D eigenvalue weighted by molar-refractivity contribution is -0.135. The van der Waals surface area contributed by atoms with Crippen LogP contribution in [0.5, 0.6) is 0 Å². The summed E-state index contributed by atoms with van der Waals surface area (Å²) in [6.07, 6.45) is 2.38.